The fraction of sp³-hybridized carbons (Fsp3) is 0.273. The van der Waals surface area contributed by atoms with Crippen molar-refractivity contribution >= 4 is 29.4 Å². The van der Waals surface area contributed by atoms with Crippen molar-refractivity contribution in [3.8, 4) is 0 Å². The molecule has 1 aromatic carbocycles. The van der Waals surface area contributed by atoms with Crippen molar-refractivity contribution in [3.63, 3.8) is 0 Å². The first-order valence-electron chi connectivity index (χ1n) is 5.34. The lowest BCUT2D eigenvalue weighted by atomic mass is 10.2. The van der Waals surface area contributed by atoms with Crippen molar-refractivity contribution in [2.45, 2.75) is 11.6 Å². The molecule has 20 heavy (non-hydrogen) atoms. The molecule has 3 N–H and O–H groups in total. The van der Waals surface area contributed by atoms with E-state index < -0.39 is 41.1 Å². The minimum Gasteiger partial charge on any atom is -0.465 e. The van der Waals surface area contributed by atoms with Gasteiger partial charge in [0.25, 0.3) is 0 Å². The largest absolute Gasteiger partial charge is 0.465 e. The monoisotopic (exact) mass is 308 g/mol. The minimum atomic E-state index is -4.54. The summed E-state index contributed by atoms with van der Waals surface area (Å²) < 4.78 is 36.3. The van der Waals surface area contributed by atoms with Gasteiger partial charge in [0.1, 0.15) is 6.04 Å². The first kappa shape index (κ1) is 16.2. The first-order valence-corrected chi connectivity index (χ1v) is 6.32. The number of carboxylic acid groups (broad SMARTS) is 1. The number of hydrogen-bond donors (Lipinski definition) is 3. The van der Waals surface area contributed by atoms with Crippen molar-refractivity contribution in [2.75, 3.05) is 11.1 Å². The molecule has 0 aliphatic rings. The Morgan fingerprint density at radius 3 is 2.35 bits per heavy atom. The number of thioether (sulfide) groups is 1. The summed E-state index contributed by atoms with van der Waals surface area (Å²) in [6, 6.07) is 6.51. The molecule has 0 saturated heterocycles. The molecule has 0 aliphatic carbocycles. The van der Waals surface area contributed by atoms with E-state index in [2.05, 4.69) is 5.32 Å². The predicted octanol–water partition coefficient (Wildman–Crippen LogP) is 2.51. The summed E-state index contributed by atoms with van der Waals surface area (Å²) in [5, 5.41) is 12.6. The lowest BCUT2D eigenvalue weighted by molar-refractivity contribution is -0.117. The quantitative estimate of drug-likeness (QED) is 0.781. The Bertz CT molecular complexity index is 468. The van der Waals surface area contributed by atoms with Crippen LogP contribution in [-0.4, -0.2) is 34.4 Å². The van der Waals surface area contributed by atoms with Gasteiger partial charge in [-0.25, -0.2) is 4.79 Å². The number of amides is 2. The Hall–Kier alpha value is -1.90. The molecule has 9 heteroatoms. The van der Waals surface area contributed by atoms with Crippen LogP contribution in [0.3, 0.4) is 0 Å². The highest BCUT2D eigenvalue weighted by Crippen LogP contribution is 2.30. The molecule has 0 aromatic heterocycles. The lowest BCUT2D eigenvalue weighted by Crippen LogP contribution is -2.45. The number of benzene rings is 1. The summed E-state index contributed by atoms with van der Waals surface area (Å²) in [6.45, 7) is 0. The molecule has 0 spiro atoms. The number of hydrogen-bond acceptors (Lipinski definition) is 3. The molecule has 5 nitrogen and oxygen atoms in total. The van der Waals surface area contributed by atoms with Crippen LogP contribution >= 0.6 is 11.8 Å². The maximum absolute atomic E-state index is 12.1. The molecule has 1 unspecified atom stereocenters. The topological polar surface area (TPSA) is 78.4 Å². The normalized spacial score (nSPS) is 12.6. The Morgan fingerprint density at radius 2 is 1.85 bits per heavy atom. The van der Waals surface area contributed by atoms with Crippen molar-refractivity contribution in [1.82, 2.24) is 5.32 Å². The van der Waals surface area contributed by atoms with E-state index in [9.17, 15) is 22.8 Å². The van der Waals surface area contributed by atoms with Crippen LogP contribution < -0.4 is 10.6 Å². The summed E-state index contributed by atoms with van der Waals surface area (Å²) in [4.78, 5) is 22.3. The molecular formula is C11H11F3N2O3S. The van der Waals surface area contributed by atoms with Gasteiger partial charge in [-0.2, -0.15) is 13.2 Å². The second kappa shape index (κ2) is 7.04. The Labute approximate surface area is 116 Å². The van der Waals surface area contributed by atoms with Crippen molar-refractivity contribution in [1.29, 1.82) is 0 Å². The second-order valence-electron chi connectivity index (χ2n) is 3.61. The average molecular weight is 308 g/mol. The molecule has 0 radical (unpaired) electrons. The van der Waals surface area contributed by atoms with Gasteiger partial charge in [-0.1, -0.05) is 18.2 Å². The van der Waals surface area contributed by atoms with Crippen molar-refractivity contribution in [2.24, 2.45) is 0 Å². The minimum absolute atomic E-state index is 0.367. The molecule has 110 valence electrons. The zero-order valence-electron chi connectivity index (χ0n) is 9.98. The highest BCUT2D eigenvalue weighted by Gasteiger charge is 2.32. The van der Waals surface area contributed by atoms with E-state index in [-0.39, 0.29) is 0 Å². The lowest BCUT2D eigenvalue weighted by Gasteiger charge is -2.17. The van der Waals surface area contributed by atoms with Crippen LogP contribution in [0.4, 0.5) is 23.7 Å². The third-order valence-electron chi connectivity index (χ3n) is 2.07. The van der Waals surface area contributed by atoms with Gasteiger partial charge in [0.15, 0.2) is 0 Å². The molecule has 1 rings (SSSR count). The molecule has 1 aromatic rings. The zero-order valence-corrected chi connectivity index (χ0v) is 10.8. The number of alkyl halides is 3. The van der Waals surface area contributed by atoms with Crippen LogP contribution in [0.1, 0.15) is 0 Å². The van der Waals surface area contributed by atoms with Crippen LogP contribution in [0.5, 0.6) is 0 Å². The van der Waals surface area contributed by atoms with Crippen LogP contribution in [0.15, 0.2) is 30.3 Å². The van der Waals surface area contributed by atoms with Gasteiger partial charge in [-0.3, -0.25) is 4.79 Å². The zero-order chi connectivity index (χ0) is 15.2. The number of carbonyl (C=O) groups is 2. The van der Waals surface area contributed by atoms with Crippen molar-refractivity contribution < 1.29 is 27.9 Å². The van der Waals surface area contributed by atoms with Crippen LogP contribution in [0, 0.1) is 0 Å². The summed E-state index contributed by atoms with van der Waals surface area (Å²) in [6.07, 6.45) is -1.57. The van der Waals surface area contributed by atoms with E-state index >= 15 is 0 Å². The van der Waals surface area contributed by atoms with Gasteiger partial charge in [0.2, 0.25) is 5.91 Å². The SMILES string of the molecule is O=C(O)NC(CSC(F)(F)F)C(=O)Nc1ccccc1. The Kier molecular flexibility index (Phi) is 5.68. The molecule has 0 bridgehead atoms. The van der Waals surface area contributed by atoms with Crippen LogP contribution in [-0.2, 0) is 4.79 Å². The summed E-state index contributed by atoms with van der Waals surface area (Å²) in [5.74, 6) is -1.59. The fourth-order valence-electron chi connectivity index (χ4n) is 1.26. The van der Waals surface area contributed by atoms with Crippen LogP contribution in [0.2, 0.25) is 0 Å². The van der Waals surface area contributed by atoms with Gasteiger partial charge >= 0.3 is 11.6 Å². The number of halogens is 3. The predicted molar refractivity (Wildman–Crippen MR) is 68.5 cm³/mol. The number of rotatable bonds is 5. The van der Waals surface area contributed by atoms with Gasteiger partial charge < -0.3 is 15.7 Å². The fourth-order valence-corrected chi connectivity index (χ4v) is 1.85. The number of nitrogens with one attached hydrogen (secondary N) is 2. The maximum atomic E-state index is 12.1. The molecule has 0 saturated carbocycles. The van der Waals surface area contributed by atoms with E-state index in [1.54, 1.807) is 23.5 Å². The summed E-state index contributed by atoms with van der Waals surface area (Å²) in [5.41, 5.74) is -4.17. The summed E-state index contributed by atoms with van der Waals surface area (Å²) in [7, 11) is 0. The third kappa shape index (κ3) is 6.32. The first-order chi connectivity index (χ1) is 9.28. The summed E-state index contributed by atoms with van der Waals surface area (Å²) >= 11 is -0.464. The highest BCUT2D eigenvalue weighted by atomic mass is 32.2. The number of para-hydroxylation sites is 1. The van der Waals surface area contributed by atoms with E-state index in [4.69, 9.17) is 5.11 Å². The van der Waals surface area contributed by atoms with E-state index in [1.165, 1.54) is 12.1 Å². The highest BCUT2D eigenvalue weighted by molar-refractivity contribution is 8.00. The van der Waals surface area contributed by atoms with Crippen molar-refractivity contribution in [3.05, 3.63) is 30.3 Å². The van der Waals surface area contributed by atoms with E-state index in [0.29, 0.717) is 5.69 Å². The van der Waals surface area contributed by atoms with E-state index in [0.717, 1.165) is 0 Å². The molecule has 2 amide bonds. The smallest absolute Gasteiger partial charge is 0.441 e. The number of anilines is 1. The van der Waals surface area contributed by atoms with Gasteiger partial charge in [0.05, 0.1) is 0 Å². The third-order valence-corrected chi connectivity index (χ3v) is 2.90. The van der Waals surface area contributed by atoms with Gasteiger partial charge in [0, 0.05) is 11.4 Å². The molecule has 0 fully saturated rings. The molecular weight excluding hydrogens is 297 g/mol. The standard InChI is InChI=1S/C11H11F3N2O3S/c12-11(13,14)20-6-8(16-10(18)19)9(17)15-7-4-2-1-3-5-7/h1-5,8,16H,6H2,(H,15,17)(H,18,19). The molecule has 0 heterocycles. The van der Waals surface area contributed by atoms with E-state index in [1.807, 2.05) is 0 Å². The Morgan fingerprint density at radius 1 is 1.25 bits per heavy atom. The molecule has 1 atom stereocenters. The molecule has 0 aliphatic heterocycles. The number of carbonyl (C=O) groups excluding carboxylic acids is 1. The average Bonchev–Trinajstić information content (AvgIpc) is 2.34. The maximum Gasteiger partial charge on any atom is 0.441 e. The Balaban J connectivity index is 2.66. The van der Waals surface area contributed by atoms with Crippen LogP contribution in [0.25, 0.3) is 0 Å². The van der Waals surface area contributed by atoms with Gasteiger partial charge in [-0.15, -0.1) is 0 Å². The second-order valence-corrected chi connectivity index (χ2v) is 4.70. The van der Waals surface area contributed by atoms with Gasteiger partial charge in [-0.05, 0) is 23.9 Å².